The third kappa shape index (κ3) is 3.81. The molecule has 0 aromatic heterocycles. The second-order valence-electron chi connectivity index (χ2n) is 5.07. The second-order valence-corrected chi connectivity index (χ2v) is 5.98. The van der Waals surface area contributed by atoms with Crippen molar-refractivity contribution in [2.24, 2.45) is 0 Å². The Balaban J connectivity index is 1.81. The van der Waals surface area contributed by atoms with Gasteiger partial charge in [-0.2, -0.15) is 13.2 Å². The number of rotatable bonds is 3. The lowest BCUT2D eigenvalue weighted by atomic mass is 10.2. The van der Waals surface area contributed by atoms with Crippen LogP contribution in [-0.4, -0.2) is 18.7 Å². The molecule has 1 N–H and O–H groups in total. The quantitative estimate of drug-likeness (QED) is 0.774. The van der Waals surface area contributed by atoms with Crippen LogP contribution < -0.4 is 14.8 Å². The van der Waals surface area contributed by atoms with E-state index in [0.29, 0.717) is 22.7 Å². The van der Waals surface area contributed by atoms with E-state index in [9.17, 15) is 18.0 Å². The van der Waals surface area contributed by atoms with Crippen molar-refractivity contribution in [3.8, 4) is 17.2 Å². The molecule has 0 fully saturated rings. The molecule has 2 aromatic rings. The van der Waals surface area contributed by atoms with Crippen LogP contribution in [0.1, 0.15) is 16.8 Å². The molecule has 0 aliphatic carbocycles. The fraction of sp³-hybridized carbons (Fsp3) is 0.188. The predicted molar refractivity (Wildman–Crippen MR) is 84.8 cm³/mol. The van der Waals surface area contributed by atoms with E-state index in [-0.39, 0.29) is 11.7 Å². The first-order valence-corrected chi connectivity index (χ1v) is 7.73. The van der Waals surface area contributed by atoms with Gasteiger partial charge in [0.1, 0.15) is 11.5 Å². The number of ether oxygens (including phenoxy) is 2. The fourth-order valence-corrected chi connectivity index (χ4v) is 2.51. The summed E-state index contributed by atoms with van der Waals surface area (Å²) in [5.74, 6) is 0.610. The van der Waals surface area contributed by atoms with E-state index in [1.165, 1.54) is 18.2 Å². The minimum Gasteiger partial charge on any atom is -0.493 e. The number of nitrogens with one attached hydrogen (secondary N) is 1. The fourth-order valence-electron chi connectivity index (χ4n) is 2.15. The lowest BCUT2D eigenvalue weighted by Gasteiger charge is -2.12. The molecule has 1 heterocycles. The highest BCUT2D eigenvalue weighted by Crippen LogP contribution is 2.38. The molecule has 0 spiro atoms. The van der Waals surface area contributed by atoms with Crippen molar-refractivity contribution in [2.75, 3.05) is 11.9 Å². The van der Waals surface area contributed by atoms with Gasteiger partial charge in [0.2, 0.25) is 0 Å². The molecule has 4 nitrogen and oxygen atoms in total. The Morgan fingerprint density at radius 3 is 2.62 bits per heavy atom. The molecule has 8 heteroatoms. The third-order valence-corrected chi connectivity index (χ3v) is 3.75. The zero-order valence-corrected chi connectivity index (χ0v) is 13.7. The van der Waals surface area contributed by atoms with Crippen LogP contribution in [0.4, 0.5) is 18.9 Å². The normalized spacial score (nSPS) is 13.2. The first-order valence-electron chi connectivity index (χ1n) is 6.94. The lowest BCUT2D eigenvalue weighted by Crippen LogP contribution is -2.13. The van der Waals surface area contributed by atoms with Crippen LogP contribution in [-0.2, 0) is 0 Å². The minimum atomic E-state index is -4.28. The van der Waals surface area contributed by atoms with Gasteiger partial charge in [0.15, 0.2) is 5.75 Å². The molecule has 24 heavy (non-hydrogen) atoms. The van der Waals surface area contributed by atoms with E-state index in [1.54, 1.807) is 18.2 Å². The van der Waals surface area contributed by atoms with Gasteiger partial charge in [-0.15, -0.1) is 0 Å². The predicted octanol–water partition coefficient (Wildman–Crippen LogP) is 5.14. The van der Waals surface area contributed by atoms with Crippen molar-refractivity contribution in [2.45, 2.75) is 12.6 Å². The summed E-state index contributed by atoms with van der Waals surface area (Å²) in [5, 5.41) is 2.67. The number of anilines is 1. The summed E-state index contributed by atoms with van der Waals surface area (Å²) in [7, 11) is 0. The van der Waals surface area contributed by atoms with E-state index in [2.05, 4.69) is 21.2 Å². The number of benzene rings is 2. The van der Waals surface area contributed by atoms with Gasteiger partial charge in [-0.3, -0.25) is 4.79 Å². The molecular formula is C16H11BrF3NO3. The number of amides is 1. The number of carbonyl (C=O) groups is 1. The van der Waals surface area contributed by atoms with Crippen molar-refractivity contribution in [3.63, 3.8) is 0 Å². The summed E-state index contributed by atoms with van der Waals surface area (Å²) < 4.78 is 48.0. The van der Waals surface area contributed by atoms with E-state index >= 15 is 0 Å². The van der Waals surface area contributed by atoms with E-state index in [4.69, 9.17) is 9.47 Å². The number of fused-ring (bicyclic) bond motifs is 2. The van der Waals surface area contributed by atoms with Gasteiger partial charge in [0.05, 0.1) is 24.3 Å². The maximum atomic E-state index is 12.3. The average molecular weight is 402 g/mol. The largest absolute Gasteiger partial charge is 0.493 e. The van der Waals surface area contributed by atoms with Crippen LogP contribution in [0.5, 0.6) is 17.2 Å². The number of halogens is 4. The van der Waals surface area contributed by atoms with Gasteiger partial charge < -0.3 is 14.8 Å². The Morgan fingerprint density at radius 2 is 1.88 bits per heavy atom. The molecule has 1 aliphatic rings. The Hall–Kier alpha value is -2.22. The summed E-state index contributed by atoms with van der Waals surface area (Å²) in [5.41, 5.74) is 0.678. The molecule has 0 saturated heterocycles. The smallest absolute Gasteiger partial charge is 0.392 e. The Kier molecular flexibility index (Phi) is 4.40. The molecule has 1 amide bonds. The van der Waals surface area contributed by atoms with E-state index in [1.807, 2.05) is 0 Å². The van der Waals surface area contributed by atoms with Gasteiger partial charge in [-0.05, 0) is 30.3 Å². The lowest BCUT2D eigenvalue weighted by molar-refractivity contribution is -0.139. The van der Waals surface area contributed by atoms with Crippen LogP contribution >= 0.6 is 15.9 Å². The molecule has 0 unspecified atom stereocenters. The summed E-state index contributed by atoms with van der Waals surface area (Å²) in [6, 6.07) is 9.48. The van der Waals surface area contributed by atoms with Crippen LogP contribution in [0.2, 0.25) is 0 Å². The maximum absolute atomic E-state index is 12.3. The average Bonchev–Trinajstić information content (AvgIpc) is 2.62. The molecule has 0 saturated carbocycles. The van der Waals surface area contributed by atoms with Crippen molar-refractivity contribution in [1.29, 1.82) is 0 Å². The number of hydrogen-bond donors (Lipinski definition) is 1. The monoisotopic (exact) mass is 401 g/mol. The summed E-state index contributed by atoms with van der Waals surface area (Å²) in [6.07, 6.45) is -5.33. The Labute approximate surface area is 143 Å². The standard InChI is InChI=1S/C16H11BrF3NO3/c17-9-1-3-13-11(7-9)15(22)21-12-8-10(2-4-14(12)24-13)23-6-5-16(18,19)20/h1-4,7-8H,5-6H2,(H,21,22). The van der Waals surface area contributed by atoms with Crippen molar-refractivity contribution >= 4 is 27.5 Å². The SMILES string of the molecule is O=C1Nc2cc(OCCC(F)(F)F)ccc2Oc2ccc(Br)cc21. The number of carbonyl (C=O) groups excluding carboxylic acids is 1. The second kappa shape index (κ2) is 6.35. The summed E-state index contributed by atoms with van der Waals surface area (Å²) >= 11 is 3.29. The summed E-state index contributed by atoms with van der Waals surface area (Å²) in [4.78, 5) is 12.3. The van der Waals surface area contributed by atoms with Gasteiger partial charge in [0.25, 0.3) is 5.91 Å². The van der Waals surface area contributed by atoms with Crippen molar-refractivity contribution in [3.05, 3.63) is 46.4 Å². The Bertz CT molecular complexity index is 793. The highest BCUT2D eigenvalue weighted by molar-refractivity contribution is 9.10. The van der Waals surface area contributed by atoms with Crippen molar-refractivity contribution in [1.82, 2.24) is 0 Å². The van der Waals surface area contributed by atoms with Crippen LogP contribution in [0, 0.1) is 0 Å². The first-order chi connectivity index (χ1) is 11.3. The number of alkyl halides is 3. The van der Waals surface area contributed by atoms with Gasteiger partial charge in [0, 0.05) is 10.5 Å². The topological polar surface area (TPSA) is 47.6 Å². The van der Waals surface area contributed by atoms with Crippen LogP contribution in [0.25, 0.3) is 0 Å². The highest BCUT2D eigenvalue weighted by atomic mass is 79.9. The zero-order chi connectivity index (χ0) is 17.3. The highest BCUT2D eigenvalue weighted by Gasteiger charge is 2.27. The van der Waals surface area contributed by atoms with Crippen molar-refractivity contribution < 1.29 is 27.4 Å². The molecule has 1 aliphatic heterocycles. The molecule has 2 aromatic carbocycles. The van der Waals surface area contributed by atoms with E-state index < -0.39 is 19.2 Å². The third-order valence-electron chi connectivity index (χ3n) is 3.26. The molecular weight excluding hydrogens is 391 g/mol. The molecule has 0 bridgehead atoms. The van der Waals surface area contributed by atoms with E-state index in [0.717, 1.165) is 4.47 Å². The van der Waals surface area contributed by atoms with Gasteiger partial charge in [-0.1, -0.05) is 15.9 Å². The van der Waals surface area contributed by atoms with Crippen LogP contribution in [0.15, 0.2) is 40.9 Å². The molecule has 126 valence electrons. The minimum absolute atomic E-state index is 0.217. The maximum Gasteiger partial charge on any atom is 0.392 e. The zero-order valence-electron chi connectivity index (χ0n) is 12.1. The number of hydrogen-bond acceptors (Lipinski definition) is 3. The van der Waals surface area contributed by atoms with Gasteiger partial charge >= 0.3 is 6.18 Å². The molecule has 0 atom stereocenters. The molecule has 3 rings (SSSR count). The van der Waals surface area contributed by atoms with Gasteiger partial charge in [-0.25, -0.2) is 0 Å². The van der Waals surface area contributed by atoms with Crippen LogP contribution in [0.3, 0.4) is 0 Å². The summed E-state index contributed by atoms with van der Waals surface area (Å²) in [6.45, 7) is -0.496. The first kappa shape index (κ1) is 16.6. The molecule has 0 radical (unpaired) electrons. The Morgan fingerprint density at radius 1 is 1.12 bits per heavy atom.